The number of rotatable bonds is 8. The number of benzene rings is 2. The maximum absolute atomic E-state index is 12.8. The highest BCUT2D eigenvalue weighted by Crippen LogP contribution is 2.27. The smallest absolute Gasteiger partial charge is 0.284 e. The van der Waals surface area contributed by atoms with E-state index in [0.717, 1.165) is 11.8 Å². The molecule has 0 spiro atoms. The van der Waals surface area contributed by atoms with Gasteiger partial charge < -0.3 is 4.90 Å². The average molecular weight is 444 g/mol. The van der Waals surface area contributed by atoms with Crippen molar-refractivity contribution >= 4 is 38.2 Å². The average Bonchev–Trinajstić information content (AvgIpc) is 3.09. The number of ketones is 1. The third-order valence-electron chi connectivity index (χ3n) is 4.20. The summed E-state index contributed by atoms with van der Waals surface area (Å²) in [6.07, 6.45) is 0.910. The summed E-state index contributed by atoms with van der Waals surface area (Å²) in [6, 6.07) is 18.6. The van der Waals surface area contributed by atoms with Crippen LogP contribution in [0, 0.1) is 6.92 Å². The molecule has 0 aliphatic carbocycles. The molecule has 3 aromatic rings. The van der Waals surface area contributed by atoms with Gasteiger partial charge in [-0.05, 0) is 12.5 Å². The van der Waals surface area contributed by atoms with Gasteiger partial charge in [-0.25, -0.2) is 18.1 Å². The highest BCUT2D eigenvalue weighted by atomic mass is 32.2. The molecule has 9 heteroatoms. The van der Waals surface area contributed by atoms with Crippen molar-refractivity contribution in [2.75, 3.05) is 17.7 Å². The Bertz CT molecular complexity index is 1140. The minimum absolute atomic E-state index is 0.0330. The van der Waals surface area contributed by atoms with E-state index < -0.39 is 15.9 Å². The molecule has 0 atom stereocenters. The number of anilines is 1. The maximum atomic E-state index is 12.8. The quantitative estimate of drug-likeness (QED) is 0.538. The second-order valence-electron chi connectivity index (χ2n) is 6.74. The standard InChI is InChI=1S/C21H21N3O4S2/c1-15-19(20(26)23-30(2,27)28)22-21(29-15)24(13-16-9-5-3-6-10-16)14-18(25)17-11-7-4-8-12-17/h3-12H,13-14H2,1-2H3,(H,23,26). The Kier molecular flexibility index (Phi) is 6.63. The van der Waals surface area contributed by atoms with Crippen LogP contribution in [0.25, 0.3) is 0 Å². The third-order valence-corrected chi connectivity index (χ3v) is 5.78. The lowest BCUT2D eigenvalue weighted by Crippen LogP contribution is -2.31. The van der Waals surface area contributed by atoms with Gasteiger partial charge in [-0.15, -0.1) is 11.3 Å². The Morgan fingerprint density at radius 2 is 1.63 bits per heavy atom. The minimum Gasteiger partial charge on any atom is -0.336 e. The largest absolute Gasteiger partial charge is 0.336 e. The van der Waals surface area contributed by atoms with Gasteiger partial charge in [-0.2, -0.15) is 0 Å². The summed E-state index contributed by atoms with van der Waals surface area (Å²) < 4.78 is 24.7. The SMILES string of the molecule is Cc1sc(N(CC(=O)c2ccccc2)Cc2ccccc2)nc1C(=O)NS(C)(=O)=O. The lowest BCUT2D eigenvalue weighted by Gasteiger charge is -2.21. The van der Waals surface area contributed by atoms with Crippen LogP contribution in [0.15, 0.2) is 60.7 Å². The van der Waals surface area contributed by atoms with Crippen molar-refractivity contribution in [1.82, 2.24) is 9.71 Å². The van der Waals surface area contributed by atoms with E-state index in [1.807, 2.05) is 41.1 Å². The molecule has 2 aromatic carbocycles. The van der Waals surface area contributed by atoms with Crippen LogP contribution in [-0.2, 0) is 16.6 Å². The van der Waals surface area contributed by atoms with Crippen molar-refractivity contribution in [2.24, 2.45) is 0 Å². The first-order valence-electron chi connectivity index (χ1n) is 9.09. The summed E-state index contributed by atoms with van der Waals surface area (Å²) in [5.41, 5.74) is 1.60. The van der Waals surface area contributed by atoms with Crippen LogP contribution in [-0.4, -0.2) is 37.9 Å². The number of hydrogen-bond acceptors (Lipinski definition) is 7. The fourth-order valence-electron chi connectivity index (χ4n) is 2.83. The molecule has 0 saturated carbocycles. The molecule has 0 unspecified atom stereocenters. The highest BCUT2D eigenvalue weighted by molar-refractivity contribution is 7.89. The summed E-state index contributed by atoms with van der Waals surface area (Å²) in [7, 11) is -3.71. The first kappa shape index (κ1) is 21.7. The van der Waals surface area contributed by atoms with Crippen LogP contribution in [0.4, 0.5) is 5.13 Å². The maximum Gasteiger partial charge on any atom is 0.284 e. The Hall–Kier alpha value is -3.04. The first-order valence-corrected chi connectivity index (χ1v) is 11.8. The summed E-state index contributed by atoms with van der Waals surface area (Å²) in [5.74, 6) is -0.868. The highest BCUT2D eigenvalue weighted by Gasteiger charge is 2.23. The number of sulfonamides is 1. The van der Waals surface area contributed by atoms with Crippen molar-refractivity contribution in [3.8, 4) is 0 Å². The topological polar surface area (TPSA) is 96.4 Å². The van der Waals surface area contributed by atoms with Crippen LogP contribution >= 0.6 is 11.3 Å². The zero-order chi connectivity index (χ0) is 21.7. The number of carbonyl (C=O) groups excluding carboxylic acids is 2. The van der Waals surface area contributed by atoms with E-state index in [-0.39, 0.29) is 18.0 Å². The number of nitrogens with zero attached hydrogens (tertiary/aromatic N) is 2. The molecule has 30 heavy (non-hydrogen) atoms. The number of amides is 1. The summed E-state index contributed by atoms with van der Waals surface area (Å²) in [6.45, 7) is 2.18. The molecular formula is C21H21N3O4S2. The fourth-order valence-corrected chi connectivity index (χ4v) is 4.17. The van der Waals surface area contributed by atoms with E-state index in [2.05, 4.69) is 4.98 Å². The Labute approximate surface area is 179 Å². The van der Waals surface area contributed by atoms with Crippen LogP contribution in [0.3, 0.4) is 0 Å². The number of thiazole rings is 1. The van der Waals surface area contributed by atoms with Gasteiger partial charge in [0.1, 0.15) is 5.69 Å². The number of carbonyl (C=O) groups is 2. The van der Waals surface area contributed by atoms with Gasteiger partial charge in [0.2, 0.25) is 10.0 Å². The molecule has 0 aliphatic heterocycles. The van der Waals surface area contributed by atoms with E-state index in [0.29, 0.717) is 22.1 Å². The number of aromatic nitrogens is 1. The first-order chi connectivity index (χ1) is 14.2. The number of aryl methyl sites for hydroxylation is 1. The van der Waals surface area contributed by atoms with Crippen molar-refractivity contribution in [2.45, 2.75) is 13.5 Å². The van der Waals surface area contributed by atoms with Gasteiger partial charge in [-0.3, -0.25) is 9.59 Å². The summed E-state index contributed by atoms with van der Waals surface area (Å²) in [5, 5.41) is 0.472. The van der Waals surface area contributed by atoms with Gasteiger partial charge in [0.05, 0.1) is 12.8 Å². The molecule has 0 radical (unpaired) electrons. The molecule has 0 saturated heterocycles. The van der Waals surface area contributed by atoms with Crippen LogP contribution in [0.1, 0.15) is 31.3 Å². The fraction of sp³-hybridized carbons (Fsp3) is 0.190. The van der Waals surface area contributed by atoms with Gasteiger partial charge in [-0.1, -0.05) is 60.7 Å². The Morgan fingerprint density at radius 1 is 1.03 bits per heavy atom. The van der Waals surface area contributed by atoms with E-state index in [4.69, 9.17) is 0 Å². The normalized spacial score (nSPS) is 11.1. The number of hydrogen-bond donors (Lipinski definition) is 1. The monoisotopic (exact) mass is 443 g/mol. The molecule has 156 valence electrons. The molecule has 1 N–H and O–H groups in total. The molecule has 0 bridgehead atoms. The number of nitrogens with one attached hydrogen (secondary N) is 1. The molecule has 0 aliphatic rings. The second-order valence-corrected chi connectivity index (χ2v) is 9.67. The van der Waals surface area contributed by atoms with Crippen molar-refractivity contribution in [1.29, 1.82) is 0 Å². The molecule has 7 nitrogen and oxygen atoms in total. The molecule has 0 fully saturated rings. The predicted molar refractivity (Wildman–Crippen MR) is 117 cm³/mol. The van der Waals surface area contributed by atoms with Crippen molar-refractivity contribution in [3.63, 3.8) is 0 Å². The van der Waals surface area contributed by atoms with Gasteiger partial charge in [0, 0.05) is 17.0 Å². The van der Waals surface area contributed by atoms with Gasteiger partial charge >= 0.3 is 0 Å². The summed E-state index contributed by atoms with van der Waals surface area (Å²) in [4.78, 5) is 31.8. The Balaban J connectivity index is 1.91. The van der Waals surface area contributed by atoms with Crippen LogP contribution in [0.5, 0.6) is 0 Å². The molecule has 1 aromatic heterocycles. The predicted octanol–water partition coefficient (Wildman–Crippen LogP) is 3.03. The molecule has 1 amide bonds. The zero-order valence-corrected chi connectivity index (χ0v) is 18.2. The van der Waals surface area contributed by atoms with Gasteiger partial charge in [0.15, 0.2) is 10.9 Å². The lowest BCUT2D eigenvalue weighted by molar-refractivity contribution is 0.0975. The Morgan fingerprint density at radius 3 is 2.23 bits per heavy atom. The van der Waals surface area contributed by atoms with Crippen LogP contribution in [0.2, 0.25) is 0 Å². The van der Waals surface area contributed by atoms with Gasteiger partial charge in [0.25, 0.3) is 5.91 Å². The summed E-state index contributed by atoms with van der Waals surface area (Å²) >= 11 is 1.24. The molecule has 3 rings (SSSR count). The minimum atomic E-state index is -3.71. The molecular weight excluding hydrogens is 422 g/mol. The van der Waals surface area contributed by atoms with Crippen LogP contribution < -0.4 is 9.62 Å². The second kappa shape index (κ2) is 9.19. The van der Waals surface area contributed by atoms with E-state index in [9.17, 15) is 18.0 Å². The van der Waals surface area contributed by atoms with E-state index in [1.54, 1.807) is 36.1 Å². The van der Waals surface area contributed by atoms with E-state index >= 15 is 0 Å². The zero-order valence-electron chi connectivity index (χ0n) is 16.5. The van der Waals surface area contributed by atoms with Crippen molar-refractivity contribution < 1.29 is 18.0 Å². The molecule has 1 heterocycles. The number of Topliss-reactive ketones (excluding diaryl/α,β-unsaturated/α-hetero) is 1. The lowest BCUT2D eigenvalue weighted by atomic mass is 10.1. The van der Waals surface area contributed by atoms with E-state index in [1.165, 1.54) is 11.3 Å². The van der Waals surface area contributed by atoms with Crippen molar-refractivity contribution in [3.05, 3.63) is 82.4 Å². The third kappa shape index (κ3) is 5.74.